The normalized spacial score (nSPS) is 22.8. The standard InChI is InChI=1S/C31H31ClF4N8O3.CH2O2/c1-42-24(22-14-44(18-8-16(33)9-18)41-26(22)31(34,35)36)11-38-27(42)29(46)39-17-2-3-19(23(32)10-17)28(45)40-25-20-12-43(13-21(20)25)30(47)15-4-6-37-7-5-15;2-1-3/h2-3,8,10-11,14-15,18,20-21,25,37H,4-7,9,12-13H2,1H3,(H,39,46)(H,40,45);1H,(H,2,3). The third kappa shape index (κ3) is 6.96. The van der Waals surface area contributed by atoms with Crippen molar-refractivity contribution in [3.8, 4) is 11.3 Å². The number of piperidine rings is 2. The number of hydrogen-bond donors (Lipinski definition) is 4. The minimum Gasteiger partial charge on any atom is -0.483 e. The molecule has 2 aliphatic carbocycles. The minimum atomic E-state index is -4.80. The smallest absolute Gasteiger partial charge is 0.435 e. The Morgan fingerprint density at radius 2 is 1.78 bits per heavy atom. The number of aromatic nitrogens is 4. The maximum Gasteiger partial charge on any atom is 0.435 e. The summed E-state index contributed by atoms with van der Waals surface area (Å²) < 4.78 is 57.0. The molecule has 266 valence electrons. The molecular formula is C32H33ClF4N8O5. The van der Waals surface area contributed by atoms with Crippen LogP contribution in [0.1, 0.15) is 52.0 Å². The van der Waals surface area contributed by atoms with E-state index in [9.17, 15) is 31.9 Å². The molecule has 3 atom stereocenters. The molecule has 0 radical (unpaired) electrons. The predicted molar refractivity (Wildman–Crippen MR) is 171 cm³/mol. The van der Waals surface area contributed by atoms with Gasteiger partial charge >= 0.3 is 6.18 Å². The first-order chi connectivity index (χ1) is 23.8. The molecule has 2 aliphatic heterocycles. The average Bonchev–Trinajstić information content (AvgIpc) is 3.48. The zero-order valence-electron chi connectivity index (χ0n) is 26.6. The van der Waals surface area contributed by atoms with Gasteiger partial charge in [-0.25, -0.2) is 9.37 Å². The quantitative estimate of drug-likeness (QED) is 0.211. The summed E-state index contributed by atoms with van der Waals surface area (Å²) in [5.41, 5.74) is -1.02. The second kappa shape index (κ2) is 13.9. The van der Waals surface area contributed by atoms with Crippen molar-refractivity contribution in [1.29, 1.82) is 0 Å². The molecule has 50 heavy (non-hydrogen) atoms. The number of benzene rings is 1. The number of halogens is 5. The van der Waals surface area contributed by atoms with Crippen LogP contribution < -0.4 is 16.0 Å². The van der Waals surface area contributed by atoms with Crippen LogP contribution in [0.4, 0.5) is 23.2 Å². The van der Waals surface area contributed by atoms with Gasteiger partial charge in [-0.1, -0.05) is 11.6 Å². The molecule has 4 aliphatic rings. The lowest BCUT2D eigenvalue weighted by molar-refractivity contribution is -0.141. The summed E-state index contributed by atoms with van der Waals surface area (Å²) in [6.45, 7) is 2.71. The number of nitrogens with one attached hydrogen (secondary N) is 3. The van der Waals surface area contributed by atoms with Gasteiger partial charge in [0.15, 0.2) is 11.5 Å². The molecule has 1 aromatic carbocycles. The number of anilines is 1. The molecule has 2 aromatic heterocycles. The van der Waals surface area contributed by atoms with Crippen molar-refractivity contribution in [3.63, 3.8) is 0 Å². The fourth-order valence-electron chi connectivity index (χ4n) is 6.81. The van der Waals surface area contributed by atoms with Crippen molar-refractivity contribution < 1.29 is 41.8 Å². The summed E-state index contributed by atoms with van der Waals surface area (Å²) in [7, 11) is 1.40. The highest BCUT2D eigenvalue weighted by atomic mass is 35.5. The van der Waals surface area contributed by atoms with Crippen LogP contribution in [0, 0.1) is 17.8 Å². The highest BCUT2D eigenvalue weighted by Gasteiger charge is 2.57. The molecule has 3 amide bonds. The molecule has 4 N–H and O–H groups in total. The molecule has 2 saturated heterocycles. The number of rotatable bonds is 7. The minimum absolute atomic E-state index is 0.00818. The lowest BCUT2D eigenvalue weighted by Gasteiger charge is -2.28. The first-order valence-electron chi connectivity index (χ1n) is 15.8. The molecule has 4 heterocycles. The number of imidazole rings is 1. The third-order valence-electron chi connectivity index (χ3n) is 9.55. The van der Waals surface area contributed by atoms with E-state index < -0.39 is 29.6 Å². The number of allylic oxidation sites excluding steroid dienone is 2. The van der Waals surface area contributed by atoms with Crippen molar-refractivity contribution in [1.82, 2.24) is 34.9 Å². The number of alkyl halides is 3. The fraction of sp³-hybridized carbons (Fsp3) is 0.438. The summed E-state index contributed by atoms with van der Waals surface area (Å²) in [6.07, 6.45) is 0.331. The number of nitrogens with zero attached hydrogens (tertiary/aromatic N) is 5. The van der Waals surface area contributed by atoms with Crippen LogP contribution in [0.3, 0.4) is 0 Å². The maximum atomic E-state index is 13.8. The van der Waals surface area contributed by atoms with Crippen molar-refractivity contribution in [2.24, 2.45) is 24.8 Å². The zero-order valence-corrected chi connectivity index (χ0v) is 27.3. The van der Waals surface area contributed by atoms with Gasteiger partial charge in [-0.3, -0.25) is 23.9 Å². The lowest BCUT2D eigenvalue weighted by Crippen LogP contribution is -2.43. The van der Waals surface area contributed by atoms with Gasteiger partial charge in [-0.2, -0.15) is 18.3 Å². The number of carboxylic acid groups (broad SMARTS) is 1. The summed E-state index contributed by atoms with van der Waals surface area (Å²) in [6, 6.07) is 3.70. The van der Waals surface area contributed by atoms with Crippen molar-refractivity contribution in [3.05, 3.63) is 64.6 Å². The average molecular weight is 721 g/mol. The SMILES string of the molecule is Cn1c(-c2cn(C3C=C(F)C3)nc2C(F)(F)F)cnc1C(=O)Nc1ccc(C(=O)NC2C3CN(C(=O)C4CCNCC4)CC32)c(Cl)c1.O=CO. The third-order valence-corrected chi connectivity index (χ3v) is 9.86. The van der Waals surface area contributed by atoms with Crippen LogP contribution in [0.2, 0.25) is 5.02 Å². The summed E-state index contributed by atoms with van der Waals surface area (Å²) in [5.74, 6) is -0.992. The van der Waals surface area contributed by atoms with E-state index in [2.05, 4.69) is 26.0 Å². The first kappa shape index (κ1) is 35.1. The number of hydrogen-bond acceptors (Lipinski definition) is 7. The Kier molecular flexibility index (Phi) is 9.72. The number of fused-ring (bicyclic) bond motifs is 1. The summed E-state index contributed by atoms with van der Waals surface area (Å²) in [4.78, 5) is 53.3. The summed E-state index contributed by atoms with van der Waals surface area (Å²) >= 11 is 6.42. The number of amides is 3. The Labute approximate surface area is 287 Å². The van der Waals surface area contributed by atoms with Crippen LogP contribution in [0.5, 0.6) is 0 Å². The number of likely N-dealkylation sites (tertiary alicyclic amines) is 1. The number of carbonyl (C=O) groups excluding carboxylic acids is 3. The first-order valence-corrected chi connectivity index (χ1v) is 16.2. The molecule has 0 spiro atoms. The van der Waals surface area contributed by atoms with Gasteiger partial charge in [0.1, 0.15) is 5.83 Å². The van der Waals surface area contributed by atoms with Gasteiger partial charge in [0.25, 0.3) is 18.3 Å². The summed E-state index contributed by atoms with van der Waals surface area (Å²) in [5, 5.41) is 19.5. The molecule has 3 aromatic rings. The van der Waals surface area contributed by atoms with Crippen LogP contribution in [0.15, 0.2) is 42.5 Å². The van der Waals surface area contributed by atoms with Gasteiger partial charge < -0.3 is 30.5 Å². The van der Waals surface area contributed by atoms with Crippen LogP contribution >= 0.6 is 11.6 Å². The van der Waals surface area contributed by atoms with E-state index in [1.807, 2.05) is 4.90 Å². The van der Waals surface area contributed by atoms with Gasteiger partial charge in [-0.05, 0) is 50.2 Å². The van der Waals surface area contributed by atoms with E-state index in [0.717, 1.165) is 36.8 Å². The van der Waals surface area contributed by atoms with Gasteiger partial charge in [0.2, 0.25) is 5.91 Å². The van der Waals surface area contributed by atoms with Crippen molar-refractivity contribution in [2.45, 2.75) is 37.5 Å². The molecule has 13 nitrogen and oxygen atoms in total. The Morgan fingerprint density at radius 3 is 2.38 bits per heavy atom. The number of carbonyl (C=O) groups is 4. The largest absolute Gasteiger partial charge is 0.483 e. The van der Waals surface area contributed by atoms with E-state index in [1.165, 1.54) is 42.1 Å². The molecule has 7 rings (SSSR count). The Morgan fingerprint density at radius 1 is 1.12 bits per heavy atom. The zero-order chi connectivity index (χ0) is 35.9. The fourth-order valence-corrected chi connectivity index (χ4v) is 7.08. The Bertz CT molecular complexity index is 1840. The molecule has 3 unspecified atom stereocenters. The second-order valence-corrected chi connectivity index (χ2v) is 13.0. The maximum absolute atomic E-state index is 13.8. The van der Waals surface area contributed by atoms with Crippen molar-refractivity contribution >= 4 is 41.5 Å². The van der Waals surface area contributed by atoms with Crippen molar-refractivity contribution in [2.75, 3.05) is 31.5 Å². The van der Waals surface area contributed by atoms with Crippen LogP contribution in [0.25, 0.3) is 11.3 Å². The monoisotopic (exact) mass is 720 g/mol. The van der Waals surface area contributed by atoms with Gasteiger partial charge in [-0.15, -0.1) is 0 Å². The van der Waals surface area contributed by atoms with E-state index >= 15 is 0 Å². The highest BCUT2D eigenvalue weighted by molar-refractivity contribution is 6.34. The molecule has 3 fully saturated rings. The predicted octanol–water partition coefficient (Wildman–Crippen LogP) is 3.89. The topological polar surface area (TPSA) is 163 Å². The second-order valence-electron chi connectivity index (χ2n) is 12.6. The highest BCUT2D eigenvalue weighted by Crippen LogP contribution is 2.46. The van der Waals surface area contributed by atoms with Crippen LogP contribution in [-0.2, 0) is 22.8 Å². The lowest BCUT2D eigenvalue weighted by atomic mass is 9.96. The molecule has 0 bridgehead atoms. The van der Waals surface area contributed by atoms with Crippen LogP contribution in [-0.4, -0.2) is 85.8 Å². The van der Waals surface area contributed by atoms with Gasteiger partial charge in [0.05, 0.1) is 34.1 Å². The Hall–Kier alpha value is -4.77. The van der Waals surface area contributed by atoms with E-state index in [4.69, 9.17) is 21.5 Å². The van der Waals surface area contributed by atoms with E-state index in [-0.39, 0.29) is 81.9 Å². The van der Waals surface area contributed by atoms with Gasteiger partial charge in [0, 0.05) is 62.2 Å². The molecule has 1 saturated carbocycles. The molecule has 18 heteroatoms. The van der Waals surface area contributed by atoms with E-state index in [0.29, 0.717) is 13.1 Å². The molecular weight excluding hydrogens is 688 g/mol. The Balaban J connectivity index is 0.00000139. The van der Waals surface area contributed by atoms with E-state index in [1.54, 1.807) is 0 Å².